The smallest absolute Gasteiger partial charge is 0.326 e. The van der Waals surface area contributed by atoms with Gasteiger partial charge in [0.2, 0.25) is 15.9 Å². The fourth-order valence-corrected chi connectivity index (χ4v) is 4.70. The predicted octanol–water partition coefficient (Wildman–Crippen LogP) is 4.25. The second-order valence-corrected chi connectivity index (χ2v) is 9.57. The van der Waals surface area contributed by atoms with Gasteiger partial charge in [-0.2, -0.15) is 4.31 Å². The van der Waals surface area contributed by atoms with Crippen LogP contribution in [-0.2, 0) is 23.1 Å². The second-order valence-electron chi connectivity index (χ2n) is 7.19. The molecule has 0 radical (unpaired) electrons. The number of aromatic amines is 2. The summed E-state index contributed by atoms with van der Waals surface area (Å²) in [5.41, 5.74) is 0.201. The molecule has 4 rings (SSSR count). The van der Waals surface area contributed by atoms with Crippen molar-refractivity contribution in [3.05, 3.63) is 106 Å². The highest BCUT2D eigenvalue weighted by Crippen LogP contribution is 2.27. The topological polar surface area (TPSA) is 115 Å². The average Bonchev–Trinajstić information content (AvgIpc) is 3.12. The van der Waals surface area contributed by atoms with Gasteiger partial charge in [-0.3, -0.25) is 4.98 Å². The quantitative estimate of drug-likeness (QED) is 0.345. The number of benzene rings is 3. The maximum Gasteiger partial charge on any atom is 0.326 e. The standard InChI is InChI=1S/C23H20ClN3O5S/c24-17-6-8-18(9-7-17)32-19-10-12-20(13-11-19)33(30,31)27(14-16-4-2-1-3-5-16)15-21-22(28)26-23(29)25-21/h1-13,28H,14-15H2,(H2,25,26,29). The Morgan fingerprint density at radius 1 is 0.848 bits per heavy atom. The van der Waals surface area contributed by atoms with Crippen molar-refractivity contribution < 1.29 is 18.3 Å². The van der Waals surface area contributed by atoms with Gasteiger partial charge in [-0.05, 0) is 54.1 Å². The van der Waals surface area contributed by atoms with E-state index in [0.717, 1.165) is 5.56 Å². The Bertz CT molecular complexity index is 1380. The lowest BCUT2D eigenvalue weighted by Gasteiger charge is -2.22. The molecule has 0 aliphatic heterocycles. The molecule has 8 nitrogen and oxygen atoms in total. The van der Waals surface area contributed by atoms with Gasteiger partial charge in [-0.25, -0.2) is 13.2 Å². The number of ether oxygens (including phenoxy) is 1. The van der Waals surface area contributed by atoms with Crippen molar-refractivity contribution in [2.24, 2.45) is 0 Å². The van der Waals surface area contributed by atoms with Gasteiger partial charge in [0.15, 0.2) is 0 Å². The van der Waals surface area contributed by atoms with E-state index in [9.17, 15) is 18.3 Å². The molecule has 0 atom stereocenters. The summed E-state index contributed by atoms with van der Waals surface area (Å²) in [5, 5.41) is 10.5. The van der Waals surface area contributed by atoms with Crippen LogP contribution in [-0.4, -0.2) is 27.8 Å². The molecule has 1 aromatic heterocycles. The molecule has 1 heterocycles. The van der Waals surface area contributed by atoms with Crippen LogP contribution in [0.5, 0.6) is 17.4 Å². The van der Waals surface area contributed by atoms with Crippen LogP contribution in [0.1, 0.15) is 11.3 Å². The van der Waals surface area contributed by atoms with E-state index in [1.165, 1.54) is 16.4 Å². The Morgan fingerprint density at radius 2 is 1.45 bits per heavy atom. The summed E-state index contributed by atoms with van der Waals surface area (Å²) in [6, 6.07) is 21.8. The zero-order valence-corrected chi connectivity index (χ0v) is 18.8. The number of aromatic nitrogens is 2. The Balaban J connectivity index is 1.61. The SMILES string of the molecule is O=c1[nH]c(O)c(CN(Cc2ccccc2)S(=O)(=O)c2ccc(Oc3ccc(Cl)cc3)cc2)[nH]1. The highest BCUT2D eigenvalue weighted by molar-refractivity contribution is 7.89. The van der Waals surface area contributed by atoms with Crippen LogP contribution in [0.4, 0.5) is 0 Å². The maximum absolute atomic E-state index is 13.5. The largest absolute Gasteiger partial charge is 0.493 e. The van der Waals surface area contributed by atoms with Crippen molar-refractivity contribution in [3.63, 3.8) is 0 Å². The Kier molecular flexibility index (Phi) is 6.55. The molecule has 3 aromatic carbocycles. The van der Waals surface area contributed by atoms with Crippen LogP contribution >= 0.6 is 11.6 Å². The first-order valence-corrected chi connectivity index (χ1v) is 11.7. The van der Waals surface area contributed by atoms with Crippen LogP contribution in [0.25, 0.3) is 0 Å². The van der Waals surface area contributed by atoms with Crippen molar-refractivity contribution in [2.75, 3.05) is 0 Å². The predicted molar refractivity (Wildman–Crippen MR) is 124 cm³/mol. The molecule has 0 saturated heterocycles. The van der Waals surface area contributed by atoms with Gasteiger partial charge >= 0.3 is 5.69 Å². The summed E-state index contributed by atoms with van der Waals surface area (Å²) in [7, 11) is -3.99. The van der Waals surface area contributed by atoms with Gasteiger partial charge in [0.05, 0.1) is 17.1 Å². The third kappa shape index (κ3) is 5.46. The number of hydrogen-bond donors (Lipinski definition) is 3. The molecule has 10 heteroatoms. The zero-order valence-electron chi connectivity index (χ0n) is 17.2. The minimum atomic E-state index is -3.99. The van der Waals surface area contributed by atoms with Gasteiger partial charge in [-0.15, -0.1) is 0 Å². The molecular weight excluding hydrogens is 466 g/mol. The lowest BCUT2D eigenvalue weighted by Crippen LogP contribution is -2.30. The monoisotopic (exact) mass is 485 g/mol. The summed E-state index contributed by atoms with van der Waals surface area (Å²) in [4.78, 5) is 16.2. The zero-order chi connectivity index (χ0) is 23.4. The molecule has 0 unspecified atom stereocenters. The van der Waals surface area contributed by atoms with Gasteiger partial charge in [-0.1, -0.05) is 41.9 Å². The van der Waals surface area contributed by atoms with E-state index in [0.29, 0.717) is 16.5 Å². The lowest BCUT2D eigenvalue weighted by molar-refractivity contribution is 0.382. The first-order chi connectivity index (χ1) is 15.8. The summed E-state index contributed by atoms with van der Waals surface area (Å²) in [6.45, 7) is -0.191. The highest BCUT2D eigenvalue weighted by Gasteiger charge is 2.27. The van der Waals surface area contributed by atoms with Crippen LogP contribution in [0.15, 0.2) is 88.6 Å². The van der Waals surface area contributed by atoms with Crippen molar-refractivity contribution in [1.82, 2.24) is 14.3 Å². The van der Waals surface area contributed by atoms with Crippen LogP contribution < -0.4 is 10.4 Å². The van der Waals surface area contributed by atoms with E-state index in [1.807, 2.05) is 6.07 Å². The molecular formula is C23H20ClN3O5S. The van der Waals surface area contributed by atoms with E-state index in [-0.39, 0.29) is 23.7 Å². The van der Waals surface area contributed by atoms with Crippen molar-refractivity contribution in [3.8, 4) is 17.4 Å². The van der Waals surface area contributed by atoms with Gasteiger partial charge in [0, 0.05) is 11.6 Å². The number of sulfonamides is 1. The molecule has 0 spiro atoms. The molecule has 0 fully saturated rings. The third-order valence-corrected chi connectivity index (χ3v) is 6.89. The second kappa shape index (κ2) is 9.53. The number of nitrogens with zero attached hydrogens (tertiary/aromatic N) is 1. The van der Waals surface area contributed by atoms with Crippen molar-refractivity contribution in [1.29, 1.82) is 0 Å². The Hall–Kier alpha value is -3.53. The van der Waals surface area contributed by atoms with Crippen molar-refractivity contribution in [2.45, 2.75) is 18.0 Å². The first-order valence-electron chi connectivity index (χ1n) is 9.89. The summed E-state index contributed by atoms with van der Waals surface area (Å²) in [5.74, 6) is 0.617. The molecule has 4 aromatic rings. The average molecular weight is 486 g/mol. The van der Waals surface area contributed by atoms with E-state index < -0.39 is 21.6 Å². The molecule has 3 N–H and O–H groups in total. The number of H-pyrrole nitrogens is 2. The van der Waals surface area contributed by atoms with Gasteiger partial charge in [0.25, 0.3) is 0 Å². The Labute approximate surface area is 195 Å². The number of hydrogen-bond acceptors (Lipinski definition) is 5. The highest BCUT2D eigenvalue weighted by atomic mass is 35.5. The minimum absolute atomic E-state index is 0.0405. The molecule has 0 amide bonds. The molecule has 170 valence electrons. The van der Waals surface area contributed by atoms with E-state index in [1.54, 1.807) is 60.7 Å². The fraction of sp³-hybridized carbons (Fsp3) is 0.0870. The normalized spacial score (nSPS) is 11.6. The summed E-state index contributed by atoms with van der Waals surface area (Å²) < 4.78 is 33.8. The minimum Gasteiger partial charge on any atom is -0.493 e. The fourth-order valence-electron chi connectivity index (χ4n) is 3.18. The van der Waals surface area contributed by atoms with E-state index >= 15 is 0 Å². The Morgan fingerprint density at radius 3 is 2.03 bits per heavy atom. The number of imidazole rings is 1. The molecule has 0 saturated carbocycles. The molecule has 0 bridgehead atoms. The van der Waals surface area contributed by atoms with E-state index in [2.05, 4.69) is 9.97 Å². The van der Waals surface area contributed by atoms with Crippen LogP contribution in [0.3, 0.4) is 0 Å². The van der Waals surface area contributed by atoms with Gasteiger partial charge in [0.1, 0.15) is 11.5 Å². The molecule has 0 aliphatic rings. The van der Waals surface area contributed by atoms with E-state index in [4.69, 9.17) is 16.3 Å². The number of rotatable bonds is 8. The molecule has 33 heavy (non-hydrogen) atoms. The molecule has 0 aliphatic carbocycles. The van der Waals surface area contributed by atoms with Crippen molar-refractivity contribution >= 4 is 21.6 Å². The maximum atomic E-state index is 13.5. The van der Waals surface area contributed by atoms with Crippen LogP contribution in [0, 0.1) is 0 Å². The number of nitrogens with one attached hydrogen (secondary N) is 2. The summed E-state index contributed by atoms with van der Waals surface area (Å²) in [6.07, 6.45) is 0. The lowest BCUT2D eigenvalue weighted by atomic mass is 10.2. The van der Waals surface area contributed by atoms with Crippen LogP contribution in [0.2, 0.25) is 5.02 Å². The third-order valence-electron chi connectivity index (χ3n) is 4.83. The summed E-state index contributed by atoms with van der Waals surface area (Å²) >= 11 is 5.88. The number of aromatic hydroxyl groups is 1. The van der Waals surface area contributed by atoms with Gasteiger partial charge < -0.3 is 14.8 Å². The first kappa shape index (κ1) is 22.7. The number of halogens is 1.